The summed E-state index contributed by atoms with van der Waals surface area (Å²) < 4.78 is 11.4. The molecule has 0 atom stereocenters. The highest BCUT2D eigenvalue weighted by Gasteiger charge is 1.97. The van der Waals surface area contributed by atoms with E-state index in [9.17, 15) is 0 Å². The maximum Gasteiger partial charge on any atom is 0.119 e. The fourth-order valence-corrected chi connectivity index (χ4v) is 2.30. The minimum absolute atomic E-state index is 0.598. The van der Waals surface area contributed by atoms with Crippen molar-refractivity contribution in [2.24, 2.45) is 0 Å². The topological polar surface area (TPSA) is 24.9 Å². The fourth-order valence-electron chi connectivity index (χ4n) is 2.30. The highest BCUT2D eigenvalue weighted by Crippen LogP contribution is 2.18. The second-order valence-electron chi connectivity index (χ2n) is 6.33. The molecule has 0 aliphatic heterocycles. The SMILES string of the molecule is CN(C)c1ccc(OCCC#CCCOc2ccc(N(C)C)cc2)cc1. The van der Waals surface area contributed by atoms with Crippen LogP contribution < -0.4 is 19.3 Å². The molecule has 0 unspecified atom stereocenters. The smallest absolute Gasteiger partial charge is 0.119 e. The summed E-state index contributed by atoms with van der Waals surface area (Å²) in [6.45, 7) is 1.20. The average Bonchev–Trinajstić information content (AvgIpc) is 2.64. The van der Waals surface area contributed by atoms with Crippen LogP contribution in [0.2, 0.25) is 0 Å². The van der Waals surface area contributed by atoms with Gasteiger partial charge in [0.25, 0.3) is 0 Å². The first-order chi connectivity index (χ1) is 12.6. The van der Waals surface area contributed by atoms with Crippen LogP contribution in [-0.2, 0) is 0 Å². The van der Waals surface area contributed by atoms with Gasteiger partial charge in [-0.25, -0.2) is 0 Å². The van der Waals surface area contributed by atoms with E-state index >= 15 is 0 Å². The zero-order chi connectivity index (χ0) is 18.8. The van der Waals surface area contributed by atoms with E-state index in [0.29, 0.717) is 26.1 Å². The third kappa shape index (κ3) is 6.60. The van der Waals surface area contributed by atoms with Crippen molar-refractivity contribution in [2.45, 2.75) is 12.8 Å². The van der Waals surface area contributed by atoms with Gasteiger partial charge in [-0.05, 0) is 48.5 Å². The summed E-state index contributed by atoms with van der Waals surface area (Å²) >= 11 is 0. The first-order valence-corrected chi connectivity index (χ1v) is 8.82. The van der Waals surface area contributed by atoms with Gasteiger partial charge in [-0.15, -0.1) is 0 Å². The number of hydrogen-bond donors (Lipinski definition) is 0. The monoisotopic (exact) mass is 352 g/mol. The highest BCUT2D eigenvalue weighted by atomic mass is 16.5. The number of hydrogen-bond acceptors (Lipinski definition) is 4. The molecule has 0 aliphatic carbocycles. The maximum atomic E-state index is 5.69. The Morgan fingerprint density at radius 3 is 1.27 bits per heavy atom. The van der Waals surface area contributed by atoms with E-state index in [1.165, 1.54) is 0 Å². The summed E-state index contributed by atoms with van der Waals surface area (Å²) in [7, 11) is 8.09. The molecule has 0 saturated carbocycles. The van der Waals surface area contributed by atoms with Crippen molar-refractivity contribution < 1.29 is 9.47 Å². The Hall–Kier alpha value is -2.80. The molecule has 2 aromatic rings. The van der Waals surface area contributed by atoms with Crippen molar-refractivity contribution in [1.29, 1.82) is 0 Å². The van der Waals surface area contributed by atoms with E-state index < -0.39 is 0 Å². The molecule has 0 aliphatic rings. The maximum absolute atomic E-state index is 5.69. The summed E-state index contributed by atoms with van der Waals surface area (Å²) in [4.78, 5) is 4.13. The third-order valence-corrected chi connectivity index (χ3v) is 3.82. The molecule has 2 rings (SSSR count). The standard InChI is InChI=1S/C22H28N2O2/c1-23(2)19-9-13-21(14-10-19)25-17-7-5-6-8-18-26-22-15-11-20(12-16-22)24(3)4/h9-16H,7-8,17-18H2,1-4H3. The van der Waals surface area contributed by atoms with Gasteiger partial charge in [0.05, 0.1) is 13.2 Å². The van der Waals surface area contributed by atoms with Crippen molar-refractivity contribution in [3.8, 4) is 23.3 Å². The zero-order valence-electron chi connectivity index (χ0n) is 16.2. The van der Waals surface area contributed by atoms with Crippen LogP contribution in [0.5, 0.6) is 11.5 Å². The van der Waals surface area contributed by atoms with Crippen LogP contribution >= 0.6 is 0 Å². The molecule has 0 radical (unpaired) electrons. The molecule has 4 heteroatoms. The lowest BCUT2D eigenvalue weighted by molar-refractivity contribution is 0.324. The first-order valence-electron chi connectivity index (χ1n) is 8.82. The number of ether oxygens (including phenoxy) is 2. The van der Waals surface area contributed by atoms with Crippen molar-refractivity contribution in [1.82, 2.24) is 0 Å². The number of benzene rings is 2. The van der Waals surface area contributed by atoms with Crippen LogP contribution in [-0.4, -0.2) is 41.4 Å². The average molecular weight is 352 g/mol. The van der Waals surface area contributed by atoms with Crippen LogP contribution in [0.4, 0.5) is 11.4 Å². The molecular weight excluding hydrogens is 324 g/mol. The van der Waals surface area contributed by atoms with Gasteiger partial charge in [0.1, 0.15) is 11.5 Å². The van der Waals surface area contributed by atoms with Crippen LogP contribution in [0.25, 0.3) is 0 Å². The van der Waals surface area contributed by atoms with Gasteiger partial charge in [0.15, 0.2) is 0 Å². The Balaban J connectivity index is 1.60. The zero-order valence-corrected chi connectivity index (χ0v) is 16.2. The first kappa shape index (κ1) is 19.5. The molecule has 0 N–H and O–H groups in total. The predicted octanol–water partition coefficient (Wildman–Crippen LogP) is 4.06. The highest BCUT2D eigenvalue weighted by molar-refractivity contribution is 5.48. The van der Waals surface area contributed by atoms with Crippen LogP contribution in [0.15, 0.2) is 48.5 Å². The molecule has 26 heavy (non-hydrogen) atoms. The second kappa shape index (κ2) is 10.2. The number of rotatable bonds is 8. The summed E-state index contributed by atoms with van der Waals surface area (Å²) in [5.41, 5.74) is 2.32. The molecule has 0 fully saturated rings. The molecular formula is C22H28N2O2. The van der Waals surface area contributed by atoms with Gasteiger partial charge < -0.3 is 19.3 Å². The number of nitrogens with zero attached hydrogens (tertiary/aromatic N) is 2. The molecule has 0 bridgehead atoms. The fraction of sp³-hybridized carbons (Fsp3) is 0.364. The summed E-state index contributed by atoms with van der Waals surface area (Å²) in [5.74, 6) is 8.00. The summed E-state index contributed by atoms with van der Waals surface area (Å²) in [5, 5.41) is 0. The van der Waals surface area contributed by atoms with Crippen molar-refractivity contribution in [2.75, 3.05) is 51.2 Å². The minimum Gasteiger partial charge on any atom is -0.493 e. The number of anilines is 2. The molecule has 0 amide bonds. The van der Waals surface area contributed by atoms with E-state index in [1.807, 2.05) is 76.7 Å². The van der Waals surface area contributed by atoms with Gasteiger partial charge in [-0.1, -0.05) is 11.8 Å². The van der Waals surface area contributed by atoms with Crippen LogP contribution in [0.1, 0.15) is 12.8 Å². The van der Waals surface area contributed by atoms with Crippen molar-refractivity contribution in [3.05, 3.63) is 48.5 Å². The largest absolute Gasteiger partial charge is 0.493 e. The Morgan fingerprint density at radius 1 is 0.615 bits per heavy atom. The van der Waals surface area contributed by atoms with Gasteiger partial charge in [0, 0.05) is 52.4 Å². The third-order valence-electron chi connectivity index (χ3n) is 3.82. The van der Waals surface area contributed by atoms with E-state index in [1.54, 1.807) is 0 Å². The van der Waals surface area contributed by atoms with Gasteiger partial charge in [-0.3, -0.25) is 0 Å². The van der Waals surface area contributed by atoms with E-state index in [0.717, 1.165) is 22.9 Å². The minimum atomic E-state index is 0.598. The van der Waals surface area contributed by atoms with E-state index in [-0.39, 0.29) is 0 Å². The van der Waals surface area contributed by atoms with E-state index in [4.69, 9.17) is 9.47 Å². The molecule has 0 aromatic heterocycles. The Labute approximate surface area is 157 Å². The van der Waals surface area contributed by atoms with Crippen LogP contribution in [0.3, 0.4) is 0 Å². The van der Waals surface area contributed by atoms with Crippen molar-refractivity contribution in [3.63, 3.8) is 0 Å². The Kier molecular flexibility index (Phi) is 7.70. The molecule has 0 heterocycles. The molecule has 2 aromatic carbocycles. The quantitative estimate of drug-likeness (QED) is 0.528. The summed E-state index contributed by atoms with van der Waals surface area (Å²) in [6.07, 6.45) is 1.43. The lowest BCUT2D eigenvalue weighted by Crippen LogP contribution is -2.08. The van der Waals surface area contributed by atoms with Crippen LogP contribution in [0, 0.1) is 11.8 Å². The van der Waals surface area contributed by atoms with Gasteiger partial charge in [-0.2, -0.15) is 0 Å². The summed E-state index contributed by atoms with van der Waals surface area (Å²) in [6, 6.07) is 16.1. The predicted molar refractivity (Wildman–Crippen MR) is 110 cm³/mol. The molecule has 0 saturated heterocycles. The van der Waals surface area contributed by atoms with E-state index in [2.05, 4.69) is 21.6 Å². The van der Waals surface area contributed by atoms with Gasteiger partial charge >= 0.3 is 0 Å². The second-order valence-corrected chi connectivity index (χ2v) is 6.33. The normalized spacial score (nSPS) is 9.85. The molecule has 138 valence electrons. The van der Waals surface area contributed by atoms with Gasteiger partial charge in [0.2, 0.25) is 0 Å². The Morgan fingerprint density at radius 2 is 0.962 bits per heavy atom. The molecule has 0 spiro atoms. The molecule has 4 nitrogen and oxygen atoms in total. The van der Waals surface area contributed by atoms with Crippen molar-refractivity contribution >= 4 is 11.4 Å². The lowest BCUT2D eigenvalue weighted by Gasteiger charge is -2.12. The lowest BCUT2D eigenvalue weighted by atomic mass is 10.3. The Bertz CT molecular complexity index is 649.